The van der Waals surface area contributed by atoms with Gasteiger partial charge in [0.25, 0.3) is 0 Å². The average Bonchev–Trinajstić information content (AvgIpc) is 2.79. The Hall–Kier alpha value is -3.31. The minimum atomic E-state index is -0.387. The van der Waals surface area contributed by atoms with E-state index in [9.17, 15) is 9.59 Å². The molecule has 3 aromatic carbocycles. The number of hydrogen-bond donors (Lipinski definition) is 1. The monoisotopic (exact) mass is 436 g/mol. The van der Waals surface area contributed by atoms with Crippen molar-refractivity contribution in [3.63, 3.8) is 0 Å². The van der Waals surface area contributed by atoms with Crippen molar-refractivity contribution in [1.82, 2.24) is 4.90 Å². The second-order valence-electron chi connectivity index (χ2n) is 7.07. The Labute approximate surface area is 187 Å². The number of esters is 1. The molecular weight excluding hydrogens is 412 g/mol. The quantitative estimate of drug-likeness (QED) is 0.441. The van der Waals surface area contributed by atoms with E-state index in [0.717, 1.165) is 11.1 Å². The van der Waals surface area contributed by atoms with Crippen LogP contribution in [0.5, 0.6) is 0 Å². The predicted molar refractivity (Wildman–Crippen MR) is 123 cm³/mol. The zero-order valence-corrected chi connectivity index (χ0v) is 18.3. The van der Waals surface area contributed by atoms with Crippen LogP contribution in [-0.2, 0) is 11.3 Å². The van der Waals surface area contributed by atoms with Gasteiger partial charge in [-0.1, -0.05) is 54.1 Å². The Kier molecular flexibility index (Phi) is 7.68. The summed E-state index contributed by atoms with van der Waals surface area (Å²) in [6, 6.07) is 23.6. The minimum absolute atomic E-state index is 0.157. The van der Waals surface area contributed by atoms with E-state index in [1.54, 1.807) is 36.1 Å². The lowest BCUT2D eigenvalue weighted by Gasteiger charge is -2.30. The minimum Gasteiger partial charge on any atom is -0.462 e. The summed E-state index contributed by atoms with van der Waals surface area (Å²) < 4.78 is 5.00. The molecule has 0 heterocycles. The first-order chi connectivity index (χ1) is 15.0. The zero-order valence-electron chi connectivity index (χ0n) is 17.5. The molecule has 1 N–H and O–H groups in total. The molecule has 0 aliphatic heterocycles. The number of nitrogens with zero attached hydrogens (tertiary/aromatic N) is 1. The number of benzene rings is 3. The SMILES string of the molecule is CCOC(=O)c1ccc(NC(=O)N(Cc2ccc(Cl)cc2)C(C)c2ccccc2)cc1. The van der Waals surface area contributed by atoms with Gasteiger partial charge in [0.2, 0.25) is 0 Å². The highest BCUT2D eigenvalue weighted by molar-refractivity contribution is 6.30. The Morgan fingerprint density at radius 3 is 2.23 bits per heavy atom. The van der Waals surface area contributed by atoms with Crippen LogP contribution in [0.1, 0.15) is 41.4 Å². The van der Waals surface area contributed by atoms with Gasteiger partial charge in [0, 0.05) is 17.3 Å². The van der Waals surface area contributed by atoms with E-state index in [0.29, 0.717) is 29.4 Å². The van der Waals surface area contributed by atoms with Crippen molar-refractivity contribution in [2.24, 2.45) is 0 Å². The second-order valence-corrected chi connectivity index (χ2v) is 7.51. The number of amides is 2. The predicted octanol–water partition coefficient (Wildman–Crippen LogP) is 6.31. The van der Waals surface area contributed by atoms with E-state index in [-0.39, 0.29) is 18.0 Å². The largest absolute Gasteiger partial charge is 0.462 e. The van der Waals surface area contributed by atoms with Gasteiger partial charge in [0.15, 0.2) is 0 Å². The first-order valence-electron chi connectivity index (χ1n) is 10.1. The molecule has 0 bridgehead atoms. The van der Waals surface area contributed by atoms with Crippen molar-refractivity contribution < 1.29 is 14.3 Å². The number of rotatable bonds is 7. The average molecular weight is 437 g/mol. The second kappa shape index (κ2) is 10.6. The third kappa shape index (κ3) is 6.09. The van der Waals surface area contributed by atoms with Gasteiger partial charge in [-0.05, 0) is 61.4 Å². The lowest BCUT2D eigenvalue weighted by Crippen LogP contribution is -2.36. The standard InChI is InChI=1S/C25H25ClN2O3/c1-3-31-24(29)21-11-15-23(16-12-21)27-25(30)28(17-19-9-13-22(26)14-10-19)18(2)20-7-5-4-6-8-20/h4-16,18H,3,17H2,1-2H3,(H,27,30). The third-order valence-electron chi connectivity index (χ3n) is 4.92. The topological polar surface area (TPSA) is 58.6 Å². The molecule has 3 rings (SSSR count). The highest BCUT2D eigenvalue weighted by atomic mass is 35.5. The number of carbonyl (C=O) groups excluding carboxylic acids is 2. The first-order valence-corrected chi connectivity index (χ1v) is 10.5. The van der Waals surface area contributed by atoms with Crippen molar-refractivity contribution in [1.29, 1.82) is 0 Å². The summed E-state index contributed by atoms with van der Waals surface area (Å²) in [5.74, 6) is -0.387. The fourth-order valence-electron chi connectivity index (χ4n) is 3.18. The summed E-state index contributed by atoms with van der Waals surface area (Å²) in [4.78, 5) is 26.8. The van der Waals surface area contributed by atoms with E-state index in [1.165, 1.54) is 0 Å². The summed E-state index contributed by atoms with van der Waals surface area (Å²) in [5.41, 5.74) is 3.04. The van der Waals surface area contributed by atoms with Gasteiger partial charge in [0.05, 0.1) is 18.2 Å². The first kappa shape index (κ1) is 22.4. The van der Waals surface area contributed by atoms with Crippen molar-refractivity contribution in [2.45, 2.75) is 26.4 Å². The van der Waals surface area contributed by atoms with Crippen molar-refractivity contribution in [3.05, 3.63) is 101 Å². The summed E-state index contributed by atoms with van der Waals surface area (Å²) in [7, 11) is 0. The van der Waals surface area contributed by atoms with Gasteiger partial charge in [0.1, 0.15) is 0 Å². The van der Waals surface area contributed by atoms with Crippen molar-refractivity contribution >= 4 is 29.3 Å². The van der Waals surface area contributed by atoms with Crippen LogP contribution in [0.25, 0.3) is 0 Å². The molecule has 0 spiro atoms. The van der Waals surface area contributed by atoms with Crippen LogP contribution in [0.2, 0.25) is 5.02 Å². The molecule has 5 nitrogen and oxygen atoms in total. The molecule has 0 radical (unpaired) electrons. The van der Waals surface area contributed by atoms with E-state index in [1.807, 2.05) is 61.5 Å². The fraction of sp³-hybridized carbons (Fsp3) is 0.200. The molecule has 0 fully saturated rings. The number of nitrogens with one attached hydrogen (secondary N) is 1. The summed E-state index contributed by atoms with van der Waals surface area (Å²) in [5, 5.41) is 3.58. The van der Waals surface area contributed by atoms with Crippen molar-refractivity contribution in [2.75, 3.05) is 11.9 Å². The van der Waals surface area contributed by atoms with Gasteiger partial charge in [-0.25, -0.2) is 9.59 Å². The van der Waals surface area contributed by atoms with Crippen LogP contribution < -0.4 is 5.32 Å². The Bertz CT molecular complexity index is 1010. The van der Waals surface area contributed by atoms with E-state index >= 15 is 0 Å². The normalized spacial score (nSPS) is 11.5. The maximum atomic E-state index is 13.2. The molecule has 160 valence electrons. The van der Waals surface area contributed by atoms with Crippen LogP contribution in [0, 0.1) is 0 Å². The lowest BCUT2D eigenvalue weighted by atomic mass is 10.1. The molecule has 0 saturated heterocycles. The van der Waals surface area contributed by atoms with Gasteiger partial charge in [-0.2, -0.15) is 0 Å². The molecular formula is C25H25ClN2O3. The molecule has 0 aliphatic carbocycles. The zero-order chi connectivity index (χ0) is 22.2. The van der Waals surface area contributed by atoms with Crippen molar-refractivity contribution in [3.8, 4) is 0 Å². The fourth-order valence-corrected chi connectivity index (χ4v) is 3.31. The number of hydrogen-bond acceptors (Lipinski definition) is 3. The van der Waals surface area contributed by atoms with Gasteiger partial charge in [-0.15, -0.1) is 0 Å². The molecule has 2 amide bonds. The smallest absolute Gasteiger partial charge is 0.338 e. The summed E-state index contributed by atoms with van der Waals surface area (Å²) in [6.45, 7) is 4.48. The highest BCUT2D eigenvalue weighted by Gasteiger charge is 2.22. The van der Waals surface area contributed by atoms with Crippen LogP contribution in [0.3, 0.4) is 0 Å². The van der Waals surface area contributed by atoms with Crippen LogP contribution in [-0.4, -0.2) is 23.5 Å². The van der Waals surface area contributed by atoms with E-state index in [4.69, 9.17) is 16.3 Å². The van der Waals surface area contributed by atoms with Gasteiger partial charge >= 0.3 is 12.0 Å². The Morgan fingerprint density at radius 2 is 1.61 bits per heavy atom. The van der Waals surface area contributed by atoms with E-state index in [2.05, 4.69) is 5.32 Å². The van der Waals surface area contributed by atoms with E-state index < -0.39 is 0 Å². The highest BCUT2D eigenvalue weighted by Crippen LogP contribution is 2.24. The number of anilines is 1. The molecule has 0 saturated carbocycles. The molecule has 0 aromatic heterocycles. The van der Waals surface area contributed by atoms with Gasteiger partial charge in [-0.3, -0.25) is 0 Å². The number of halogens is 1. The number of ether oxygens (including phenoxy) is 1. The molecule has 1 atom stereocenters. The third-order valence-corrected chi connectivity index (χ3v) is 5.18. The Balaban J connectivity index is 1.79. The molecule has 31 heavy (non-hydrogen) atoms. The summed E-state index contributed by atoms with van der Waals surface area (Å²) in [6.07, 6.45) is 0. The molecule has 6 heteroatoms. The molecule has 1 unspecified atom stereocenters. The summed E-state index contributed by atoms with van der Waals surface area (Å²) >= 11 is 6.01. The van der Waals surface area contributed by atoms with Gasteiger partial charge < -0.3 is 15.0 Å². The van der Waals surface area contributed by atoms with Crippen LogP contribution in [0.4, 0.5) is 10.5 Å². The number of carbonyl (C=O) groups is 2. The maximum absolute atomic E-state index is 13.2. The molecule has 3 aromatic rings. The van der Waals surface area contributed by atoms with Crippen LogP contribution >= 0.6 is 11.6 Å². The number of urea groups is 1. The maximum Gasteiger partial charge on any atom is 0.338 e. The lowest BCUT2D eigenvalue weighted by molar-refractivity contribution is 0.0526. The molecule has 0 aliphatic rings. The Morgan fingerprint density at radius 1 is 0.968 bits per heavy atom. The van der Waals surface area contributed by atoms with Crippen LogP contribution in [0.15, 0.2) is 78.9 Å².